The summed E-state index contributed by atoms with van der Waals surface area (Å²) in [5, 5.41) is 21.1. The lowest BCUT2D eigenvalue weighted by Gasteiger charge is -2.55. The zero-order valence-electron chi connectivity index (χ0n) is 15.3. The van der Waals surface area contributed by atoms with Crippen LogP contribution in [0.1, 0.15) is 50.2 Å². The number of hydrogen-bond donors (Lipinski definition) is 1. The van der Waals surface area contributed by atoms with E-state index in [1.54, 1.807) is 45.2 Å². The molecular weight excluding hydrogens is 612 g/mol. The van der Waals surface area contributed by atoms with E-state index in [9.17, 15) is 28.6 Å². The molecule has 4 bridgehead atoms. The normalized spacial score (nSPS) is 31.5. The van der Waals surface area contributed by atoms with Gasteiger partial charge in [0.15, 0.2) is 6.10 Å². The van der Waals surface area contributed by atoms with Crippen molar-refractivity contribution < 1.29 is 33.3 Å². The zero-order valence-corrected chi connectivity index (χ0v) is 19.6. The summed E-state index contributed by atoms with van der Waals surface area (Å²) in [5.74, 6) is -6.61. The Labute approximate surface area is 193 Å². The first-order valence-electron chi connectivity index (χ1n) is 9.50. The third-order valence-corrected chi connectivity index (χ3v) is 8.28. The summed E-state index contributed by atoms with van der Waals surface area (Å²) in [7, 11) is 0. The van der Waals surface area contributed by atoms with Crippen LogP contribution in [0.15, 0.2) is 12.1 Å². The van der Waals surface area contributed by atoms with Crippen LogP contribution in [0.5, 0.6) is 5.75 Å². The van der Waals surface area contributed by atoms with Gasteiger partial charge >= 0.3 is 11.9 Å². The van der Waals surface area contributed by atoms with Crippen LogP contribution in [0.2, 0.25) is 0 Å². The molecule has 0 aliphatic heterocycles. The number of hydrogen-bond acceptors (Lipinski definition) is 5. The number of ether oxygens (including phenoxy) is 1. The first-order valence-corrected chi connectivity index (χ1v) is 11.7. The van der Waals surface area contributed by atoms with Crippen LogP contribution in [0.25, 0.3) is 0 Å². The Hall–Kier alpha value is -0.720. The van der Waals surface area contributed by atoms with E-state index in [1.165, 1.54) is 12.1 Å². The maximum atomic E-state index is 14.6. The number of aliphatic carboxylic acids is 1. The maximum Gasteiger partial charge on any atom is 0.327 e. The average Bonchev–Trinajstić information content (AvgIpc) is 2.62. The van der Waals surface area contributed by atoms with Crippen molar-refractivity contribution in [2.75, 3.05) is 0 Å². The Bertz CT molecular complexity index is 814. The van der Waals surface area contributed by atoms with E-state index in [2.05, 4.69) is 0 Å². The number of carbonyl (C=O) groups excluding carboxylic acids is 2. The van der Waals surface area contributed by atoms with E-state index in [0.717, 1.165) is 19.3 Å². The van der Waals surface area contributed by atoms with Crippen molar-refractivity contribution in [1.29, 1.82) is 0 Å². The molecule has 5 nitrogen and oxygen atoms in total. The van der Waals surface area contributed by atoms with Gasteiger partial charge in [-0.2, -0.15) is 8.78 Å². The molecule has 0 heterocycles. The molecule has 0 spiro atoms. The number of esters is 1. The quantitative estimate of drug-likeness (QED) is 0.395. The molecular formula is C20H19F2I2O5-. The number of carboxylic acids is 1. The summed E-state index contributed by atoms with van der Waals surface area (Å²) in [4.78, 5) is 24.4. The largest absolute Gasteiger partial charge is 0.544 e. The molecule has 4 fully saturated rings. The van der Waals surface area contributed by atoms with Crippen LogP contribution >= 0.6 is 45.2 Å². The number of aromatic hydroxyl groups is 1. The number of phenolic OH excluding ortho intramolecular Hbond substituents is 1. The molecule has 0 aromatic heterocycles. The van der Waals surface area contributed by atoms with Crippen LogP contribution in [0, 0.1) is 30.3 Å². The van der Waals surface area contributed by atoms with E-state index < -0.39 is 29.4 Å². The molecule has 5 rings (SSSR count). The number of halogens is 4. The fraction of sp³-hybridized carbons (Fsp3) is 0.600. The molecule has 0 radical (unpaired) electrons. The number of alkyl halides is 2. The molecule has 1 unspecified atom stereocenters. The van der Waals surface area contributed by atoms with Crippen molar-refractivity contribution in [3.05, 3.63) is 24.8 Å². The molecule has 158 valence electrons. The summed E-state index contributed by atoms with van der Waals surface area (Å²) in [5.41, 5.74) is -0.976. The summed E-state index contributed by atoms with van der Waals surface area (Å²) >= 11 is 3.52. The van der Waals surface area contributed by atoms with Crippen LogP contribution in [-0.4, -0.2) is 23.0 Å². The van der Waals surface area contributed by atoms with Gasteiger partial charge in [0.25, 0.3) is 0 Å². The van der Waals surface area contributed by atoms with Crippen molar-refractivity contribution in [1.82, 2.24) is 0 Å². The first-order chi connectivity index (χ1) is 13.5. The van der Waals surface area contributed by atoms with Crippen LogP contribution < -0.4 is 5.11 Å². The molecule has 4 aliphatic rings. The molecule has 0 saturated heterocycles. The van der Waals surface area contributed by atoms with E-state index in [4.69, 9.17) is 4.74 Å². The Balaban J connectivity index is 1.68. The SMILES string of the molecule is O=C(OC(c1cc(I)c(O)c(I)c1)C(F)(F)C(=O)[O-])C12CC3CC(CC(C3)C1)C2. The van der Waals surface area contributed by atoms with Crippen molar-refractivity contribution in [3.8, 4) is 5.75 Å². The maximum absolute atomic E-state index is 14.6. The second kappa shape index (κ2) is 7.45. The highest BCUT2D eigenvalue weighted by Crippen LogP contribution is 2.61. The average molecular weight is 631 g/mol. The predicted octanol–water partition coefficient (Wildman–Crippen LogP) is 3.79. The van der Waals surface area contributed by atoms with Gasteiger partial charge < -0.3 is 19.7 Å². The molecule has 1 atom stereocenters. The number of phenols is 1. The number of benzene rings is 1. The number of rotatable bonds is 5. The smallest absolute Gasteiger partial charge is 0.327 e. The molecule has 4 aliphatic carbocycles. The molecule has 4 saturated carbocycles. The minimum absolute atomic E-state index is 0.0992. The van der Waals surface area contributed by atoms with Gasteiger partial charge in [-0.15, -0.1) is 0 Å². The highest BCUT2D eigenvalue weighted by molar-refractivity contribution is 14.1. The Morgan fingerprint density at radius 1 is 1.10 bits per heavy atom. The highest BCUT2D eigenvalue weighted by Gasteiger charge is 2.57. The van der Waals surface area contributed by atoms with Crippen LogP contribution in [-0.2, 0) is 14.3 Å². The van der Waals surface area contributed by atoms with Crippen LogP contribution in [0.3, 0.4) is 0 Å². The zero-order chi connectivity index (χ0) is 21.1. The first kappa shape index (κ1) is 21.5. The van der Waals surface area contributed by atoms with Gasteiger partial charge in [-0.05, 0) is 114 Å². The minimum atomic E-state index is -4.40. The van der Waals surface area contributed by atoms with Gasteiger partial charge in [0.05, 0.1) is 12.6 Å². The van der Waals surface area contributed by atoms with Gasteiger partial charge in [-0.3, -0.25) is 4.79 Å². The Morgan fingerprint density at radius 2 is 1.55 bits per heavy atom. The fourth-order valence-electron chi connectivity index (χ4n) is 5.79. The fourth-order valence-corrected chi connectivity index (χ4v) is 7.60. The van der Waals surface area contributed by atoms with Gasteiger partial charge in [0, 0.05) is 5.56 Å². The van der Waals surface area contributed by atoms with Crippen molar-refractivity contribution >= 4 is 57.1 Å². The molecule has 1 N–H and O–H groups in total. The summed E-state index contributed by atoms with van der Waals surface area (Å²) in [6, 6.07) is 2.43. The molecule has 9 heteroatoms. The summed E-state index contributed by atoms with van der Waals surface area (Å²) in [6.07, 6.45) is 2.75. The standard InChI is InChI=1S/C20H20F2I2O5/c21-20(22,17(26)27)16(12-4-13(23)15(25)14(24)5-12)29-18(28)19-6-9-1-10(7-19)3-11(2-9)8-19/h4-5,9-11,16,25H,1-3,6-8H2,(H,26,27)/p-1. The highest BCUT2D eigenvalue weighted by atomic mass is 127. The van der Waals surface area contributed by atoms with Crippen molar-refractivity contribution in [2.45, 2.75) is 50.6 Å². The second-order valence-electron chi connectivity index (χ2n) is 8.73. The topological polar surface area (TPSA) is 86.7 Å². The van der Waals surface area contributed by atoms with Crippen LogP contribution in [0.4, 0.5) is 8.78 Å². The molecule has 1 aromatic carbocycles. The minimum Gasteiger partial charge on any atom is -0.544 e. The lowest BCUT2D eigenvalue weighted by atomic mass is 9.49. The van der Waals surface area contributed by atoms with E-state index in [-0.39, 0.29) is 18.5 Å². The third-order valence-electron chi connectivity index (χ3n) is 6.64. The monoisotopic (exact) mass is 631 g/mol. The summed E-state index contributed by atoms with van der Waals surface area (Å²) < 4.78 is 35.0. The second-order valence-corrected chi connectivity index (χ2v) is 11.1. The van der Waals surface area contributed by atoms with Gasteiger partial charge in [-0.25, -0.2) is 0 Å². The van der Waals surface area contributed by atoms with Crippen molar-refractivity contribution in [3.63, 3.8) is 0 Å². The third kappa shape index (κ3) is 3.74. The predicted molar refractivity (Wildman–Crippen MR) is 113 cm³/mol. The van der Waals surface area contributed by atoms with E-state index in [1.807, 2.05) is 0 Å². The molecule has 0 amide bonds. The van der Waals surface area contributed by atoms with Gasteiger partial charge in [-0.1, -0.05) is 0 Å². The number of carbonyl (C=O) groups is 2. The lowest BCUT2D eigenvalue weighted by Crippen LogP contribution is -2.52. The number of carboxylic acid groups (broad SMARTS) is 1. The Morgan fingerprint density at radius 3 is 1.97 bits per heavy atom. The summed E-state index contributed by atoms with van der Waals surface area (Å²) in [6.45, 7) is 0. The molecule has 1 aromatic rings. The van der Waals surface area contributed by atoms with Gasteiger partial charge in [0.1, 0.15) is 11.7 Å². The van der Waals surface area contributed by atoms with Crippen molar-refractivity contribution in [2.24, 2.45) is 23.2 Å². The Kier molecular flexibility index (Phi) is 5.53. The lowest BCUT2D eigenvalue weighted by molar-refractivity contribution is -0.337. The van der Waals surface area contributed by atoms with Gasteiger partial charge in [0.2, 0.25) is 0 Å². The van der Waals surface area contributed by atoms with E-state index >= 15 is 0 Å². The molecule has 29 heavy (non-hydrogen) atoms. The van der Waals surface area contributed by atoms with E-state index in [0.29, 0.717) is 37.0 Å².